The van der Waals surface area contributed by atoms with Gasteiger partial charge in [0.2, 0.25) is 0 Å². The zero-order valence-electron chi connectivity index (χ0n) is 21.2. The molecule has 2 saturated heterocycles. The van der Waals surface area contributed by atoms with Gasteiger partial charge in [0.15, 0.2) is 5.82 Å². The fourth-order valence-corrected chi connectivity index (χ4v) is 6.00. The van der Waals surface area contributed by atoms with Crippen molar-refractivity contribution < 1.29 is 35.9 Å². The predicted molar refractivity (Wildman–Crippen MR) is 145 cm³/mol. The van der Waals surface area contributed by atoms with Gasteiger partial charge in [0.25, 0.3) is 11.8 Å². The van der Waals surface area contributed by atoms with E-state index in [-0.39, 0.29) is 54.5 Å². The normalized spacial score (nSPS) is 17.4. The molecular weight excluding hydrogens is 633 g/mol. The van der Waals surface area contributed by atoms with E-state index >= 15 is 0 Å². The first kappa shape index (κ1) is 30.2. The first-order valence-electron chi connectivity index (χ1n) is 12.4. The number of hydrogen-bond acceptors (Lipinski definition) is 4. The molecule has 0 atom stereocenters. The van der Waals surface area contributed by atoms with Crippen molar-refractivity contribution >= 4 is 58.1 Å². The Morgan fingerprint density at radius 1 is 0.857 bits per heavy atom. The number of rotatable bonds is 3. The standard InChI is InChI=1S/C27H19Cl3F6N4O2/c28-18-12-20(30)22(37-13-18)39-14-40(21-4-2-1-3-19(21)29)25(24(39)42)5-7-38(8-6-25)23(41)15-9-16(26(31,32)33)11-17(10-15)27(34,35)36/h1-4,9-13H,5-8,14H2. The van der Waals surface area contributed by atoms with Gasteiger partial charge in [-0.05, 0) is 49.2 Å². The highest BCUT2D eigenvalue weighted by atomic mass is 35.5. The van der Waals surface area contributed by atoms with Gasteiger partial charge in [-0.25, -0.2) is 4.98 Å². The van der Waals surface area contributed by atoms with Crippen LogP contribution in [0.5, 0.6) is 0 Å². The number of alkyl halides is 6. The molecule has 2 aliphatic heterocycles. The average Bonchev–Trinajstić information content (AvgIpc) is 3.19. The molecule has 1 aromatic heterocycles. The molecule has 0 radical (unpaired) electrons. The molecule has 3 heterocycles. The van der Waals surface area contributed by atoms with Gasteiger partial charge in [-0.15, -0.1) is 0 Å². The molecule has 5 rings (SSSR count). The fraction of sp³-hybridized carbons (Fsp3) is 0.296. The third-order valence-corrected chi connectivity index (χ3v) is 8.15. The van der Waals surface area contributed by atoms with E-state index in [1.54, 1.807) is 29.2 Å². The molecule has 15 heteroatoms. The van der Waals surface area contributed by atoms with Gasteiger partial charge >= 0.3 is 12.4 Å². The second-order valence-corrected chi connectivity index (χ2v) is 11.1. The summed E-state index contributed by atoms with van der Waals surface area (Å²) in [6.07, 6.45) is -8.89. The fourth-order valence-electron chi connectivity index (χ4n) is 5.28. The van der Waals surface area contributed by atoms with E-state index in [9.17, 15) is 35.9 Å². The molecule has 2 fully saturated rings. The summed E-state index contributed by atoms with van der Waals surface area (Å²) in [4.78, 5) is 35.7. The van der Waals surface area contributed by atoms with Crippen LogP contribution in [0, 0.1) is 0 Å². The summed E-state index contributed by atoms with van der Waals surface area (Å²) in [5, 5.41) is 0.705. The maximum atomic E-state index is 14.0. The van der Waals surface area contributed by atoms with Crippen LogP contribution in [0.2, 0.25) is 15.1 Å². The zero-order chi connectivity index (χ0) is 30.6. The monoisotopic (exact) mass is 650 g/mol. The summed E-state index contributed by atoms with van der Waals surface area (Å²) < 4.78 is 80.3. The van der Waals surface area contributed by atoms with Crippen molar-refractivity contribution in [1.82, 2.24) is 9.88 Å². The Morgan fingerprint density at radius 3 is 2.00 bits per heavy atom. The Bertz CT molecular complexity index is 1530. The van der Waals surface area contributed by atoms with Gasteiger partial charge in [-0.2, -0.15) is 26.3 Å². The van der Waals surface area contributed by atoms with Crippen LogP contribution in [-0.4, -0.2) is 47.0 Å². The van der Waals surface area contributed by atoms with Crippen molar-refractivity contribution in [2.45, 2.75) is 30.7 Å². The molecule has 0 saturated carbocycles. The minimum Gasteiger partial charge on any atom is -0.338 e. The van der Waals surface area contributed by atoms with E-state index in [0.29, 0.717) is 22.8 Å². The van der Waals surface area contributed by atoms with Gasteiger partial charge in [0.05, 0.1) is 31.9 Å². The number of halogens is 9. The highest BCUT2D eigenvalue weighted by Gasteiger charge is 2.55. The number of benzene rings is 2. The summed E-state index contributed by atoms with van der Waals surface area (Å²) in [5.41, 5.74) is -4.70. The van der Waals surface area contributed by atoms with Crippen molar-refractivity contribution in [2.75, 3.05) is 29.6 Å². The lowest BCUT2D eigenvalue weighted by Gasteiger charge is -2.43. The number of aromatic nitrogens is 1. The second kappa shape index (κ2) is 10.8. The van der Waals surface area contributed by atoms with Crippen molar-refractivity contribution in [3.8, 4) is 0 Å². The zero-order valence-corrected chi connectivity index (χ0v) is 23.5. The molecule has 0 aliphatic carbocycles. The van der Waals surface area contributed by atoms with E-state index in [0.717, 1.165) is 4.90 Å². The van der Waals surface area contributed by atoms with E-state index in [1.807, 2.05) is 0 Å². The molecule has 1 spiro atoms. The van der Waals surface area contributed by atoms with Gasteiger partial charge in [0, 0.05) is 24.8 Å². The minimum absolute atomic E-state index is 0.00437. The van der Waals surface area contributed by atoms with E-state index in [1.165, 1.54) is 17.2 Å². The number of para-hydroxylation sites is 1. The third-order valence-electron chi connectivity index (χ3n) is 7.34. The molecule has 2 amide bonds. The topological polar surface area (TPSA) is 56.8 Å². The molecule has 0 bridgehead atoms. The van der Waals surface area contributed by atoms with Crippen LogP contribution >= 0.6 is 34.8 Å². The Hall–Kier alpha value is -3.22. The number of carbonyl (C=O) groups excluding carboxylic acids is 2. The Morgan fingerprint density at radius 2 is 1.45 bits per heavy atom. The Balaban J connectivity index is 1.48. The Labute approximate surface area is 250 Å². The average molecular weight is 652 g/mol. The van der Waals surface area contributed by atoms with Crippen LogP contribution in [0.4, 0.5) is 37.8 Å². The number of anilines is 2. The quantitative estimate of drug-likeness (QED) is 0.274. The molecule has 2 aliphatic rings. The summed E-state index contributed by atoms with van der Waals surface area (Å²) in [7, 11) is 0. The summed E-state index contributed by atoms with van der Waals surface area (Å²) in [6, 6.07) is 8.95. The van der Waals surface area contributed by atoms with Crippen molar-refractivity contribution in [2.24, 2.45) is 0 Å². The van der Waals surface area contributed by atoms with Gasteiger partial charge < -0.3 is 9.80 Å². The summed E-state index contributed by atoms with van der Waals surface area (Å²) in [5.74, 6) is -1.29. The van der Waals surface area contributed by atoms with Crippen molar-refractivity contribution in [3.63, 3.8) is 0 Å². The Kier molecular flexibility index (Phi) is 7.78. The number of piperidine rings is 1. The molecular formula is C27H19Cl3F6N4O2. The van der Waals surface area contributed by atoms with Crippen LogP contribution in [0.1, 0.15) is 34.3 Å². The van der Waals surface area contributed by atoms with Gasteiger partial charge in [0.1, 0.15) is 12.2 Å². The third kappa shape index (κ3) is 5.47. The predicted octanol–water partition coefficient (Wildman–Crippen LogP) is 7.57. The highest BCUT2D eigenvalue weighted by molar-refractivity contribution is 6.36. The van der Waals surface area contributed by atoms with Crippen LogP contribution in [-0.2, 0) is 17.1 Å². The van der Waals surface area contributed by atoms with Crippen LogP contribution in [0.3, 0.4) is 0 Å². The molecule has 222 valence electrons. The molecule has 42 heavy (non-hydrogen) atoms. The van der Waals surface area contributed by atoms with Gasteiger partial charge in [-0.1, -0.05) is 46.9 Å². The second-order valence-electron chi connectivity index (χ2n) is 9.83. The van der Waals surface area contributed by atoms with Gasteiger partial charge in [-0.3, -0.25) is 14.5 Å². The highest BCUT2D eigenvalue weighted by Crippen LogP contribution is 2.44. The molecule has 6 nitrogen and oxygen atoms in total. The van der Waals surface area contributed by atoms with E-state index < -0.39 is 46.4 Å². The maximum Gasteiger partial charge on any atom is 0.416 e. The minimum atomic E-state index is -5.10. The first-order chi connectivity index (χ1) is 19.6. The lowest BCUT2D eigenvalue weighted by molar-refractivity contribution is -0.143. The number of pyridine rings is 1. The SMILES string of the molecule is O=C(c1cc(C(F)(F)F)cc(C(F)(F)F)c1)N1CCC2(CC1)C(=O)N(c1ncc(Cl)cc1Cl)CN2c1ccccc1Cl. The number of carbonyl (C=O) groups is 2. The van der Waals surface area contributed by atoms with Crippen LogP contribution < -0.4 is 9.80 Å². The number of likely N-dealkylation sites (tertiary alicyclic amines) is 1. The van der Waals surface area contributed by atoms with Crippen molar-refractivity contribution in [3.05, 3.63) is 86.5 Å². The summed E-state index contributed by atoms with van der Waals surface area (Å²) >= 11 is 18.8. The smallest absolute Gasteiger partial charge is 0.338 e. The first-order valence-corrected chi connectivity index (χ1v) is 13.5. The largest absolute Gasteiger partial charge is 0.416 e. The maximum absolute atomic E-state index is 14.0. The number of nitrogens with zero attached hydrogens (tertiary/aromatic N) is 4. The van der Waals surface area contributed by atoms with Crippen LogP contribution in [0.15, 0.2) is 54.7 Å². The van der Waals surface area contributed by atoms with E-state index in [4.69, 9.17) is 34.8 Å². The molecule has 0 unspecified atom stereocenters. The van der Waals surface area contributed by atoms with E-state index in [2.05, 4.69) is 4.98 Å². The number of hydrogen-bond donors (Lipinski definition) is 0. The summed E-state index contributed by atoms with van der Waals surface area (Å²) in [6.45, 7) is -0.301. The number of amides is 2. The molecule has 0 N–H and O–H groups in total. The van der Waals surface area contributed by atoms with Crippen molar-refractivity contribution in [1.29, 1.82) is 0 Å². The lowest BCUT2D eigenvalue weighted by atomic mass is 9.85. The molecule has 3 aromatic rings. The van der Waals surface area contributed by atoms with Crippen LogP contribution in [0.25, 0.3) is 0 Å². The molecule has 2 aromatic carbocycles. The lowest BCUT2D eigenvalue weighted by Crippen LogP contribution is -2.57.